The van der Waals surface area contributed by atoms with Gasteiger partial charge in [0.25, 0.3) is 5.56 Å². The molecule has 0 aliphatic carbocycles. The highest BCUT2D eigenvalue weighted by molar-refractivity contribution is 5.89. The molecule has 178 valence electrons. The minimum atomic E-state index is -0.878. The molecule has 3 aromatic carbocycles. The van der Waals surface area contributed by atoms with Gasteiger partial charge in [0.1, 0.15) is 6.54 Å². The van der Waals surface area contributed by atoms with Gasteiger partial charge in [-0.15, -0.1) is 0 Å². The zero-order chi connectivity index (χ0) is 24.9. The molecule has 1 N–H and O–H groups in total. The fourth-order valence-electron chi connectivity index (χ4n) is 4.70. The van der Waals surface area contributed by atoms with Gasteiger partial charge in [-0.1, -0.05) is 91.0 Å². The number of carboxylic acid groups (broad SMARTS) is 1. The molecule has 5 aromatic rings. The van der Waals surface area contributed by atoms with E-state index in [-0.39, 0.29) is 18.0 Å². The summed E-state index contributed by atoms with van der Waals surface area (Å²) in [5.74, 6) is -0.858. The number of carboxylic acids is 1. The van der Waals surface area contributed by atoms with Crippen LogP contribution < -0.4 is 5.56 Å². The number of hydrogen-bond donors (Lipinski definition) is 1. The van der Waals surface area contributed by atoms with E-state index in [2.05, 4.69) is 24.3 Å². The van der Waals surface area contributed by atoms with Crippen molar-refractivity contribution in [3.63, 3.8) is 0 Å². The average Bonchev–Trinajstić information content (AvgIpc) is 3.30. The van der Waals surface area contributed by atoms with Crippen LogP contribution in [0.5, 0.6) is 0 Å². The van der Waals surface area contributed by atoms with Crippen molar-refractivity contribution in [1.82, 2.24) is 9.13 Å². The Kier molecular flexibility index (Phi) is 6.63. The van der Waals surface area contributed by atoms with E-state index in [0.29, 0.717) is 6.54 Å². The van der Waals surface area contributed by atoms with Crippen molar-refractivity contribution >= 4 is 22.9 Å². The molecule has 0 aliphatic heterocycles. The largest absolute Gasteiger partial charge is 0.480 e. The molecule has 0 atom stereocenters. The predicted octanol–water partition coefficient (Wildman–Crippen LogP) is 5.78. The van der Waals surface area contributed by atoms with Gasteiger partial charge in [-0.05, 0) is 34.4 Å². The first-order valence-electron chi connectivity index (χ1n) is 11.9. The van der Waals surface area contributed by atoms with Crippen LogP contribution in [-0.4, -0.2) is 20.2 Å². The standard InChI is InChI=1S/C31H26N2O3/c34-29-17-16-26(31(24-9-3-1-4-10-24)25-11-5-2-6-12-25)21-33(29)19-8-14-23-13-7-15-28-27(23)18-20-32(28)22-30(35)36/h1-18,20-21,31H,19,22H2,(H,35,36). The topological polar surface area (TPSA) is 64.2 Å². The number of allylic oxidation sites excluding steroid dienone is 1. The van der Waals surface area contributed by atoms with Crippen LogP contribution in [0.1, 0.15) is 28.2 Å². The van der Waals surface area contributed by atoms with Crippen molar-refractivity contribution in [2.24, 2.45) is 0 Å². The quantitative estimate of drug-likeness (QED) is 0.310. The first-order chi connectivity index (χ1) is 17.6. The summed E-state index contributed by atoms with van der Waals surface area (Å²) in [5.41, 5.74) is 5.17. The minimum Gasteiger partial charge on any atom is -0.480 e. The molecule has 0 unspecified atom stereocenters. The summed E-state index contributed by atoms with van der Waals surface area (Å²) in [7, 11) is 0. The molecule has 5 nitrogen and oxygen atoms in total. The number of aromatic nitrogens is 2. The maximum Gasteiger partial charge on any atom is 0.323 e. The molecule has 2 aromatic heterocycles. The average molecular weight is 475 g/mol. The highest BCUT2D eigenvalue weighted by atomic mass is 16.4. The molecule has 0 saturated heterocycles. The second kappa shape index (κ2) is 10.3. The zero-order valence-electron chi connectivity index (χ0n) is 19.7. The summed E-state index contributed by atoms with van der Waals surface area (Å²) in [5, 5.41) is 10.1. The lowest BCUT2D eigenvalue weighted by Gasteiger charge is -2.19. The Balaban J connectivity index is 1.45. The number of benzene rings is 3. The SMILES string of the molecule is O=C(O)Cn1ccc2c(C=CCn3cc(C(c4ccccc4)c4ccccc4)ccc3=O)cccc21. The molecular formula is C31H26N2O3. The van der Waals surface area contributed by atoms with Gasteiger partial charge in [-0.2, -0.15) is 0 Å². The highest BCUT2D eigenvalue weighted by Crippen LogP contribution is 2.31. The van der Waals surface area contributed by atoms with Gasteiger partial charge >= 0.3 is 5.97 Å². The molecule has 2 heterocycles. The van der Waals surface area contributed by atoms with Crippen molar-refractivity contribution in [3.8, 4) is 0 Å². The smallest absolute Gasteiger partial charge is 0.323 e. The van der Waals surface area contributed by atoms with E-state index in [1.807, 2.05) is 85.1 Å². The van der Waals surface area contributed by atoms with Crippen molar-refractivity contribution in [2.75, 3.05) is 0 Å². The second-order valence-electron chi connectivity index (χ2n) is 8.73. The Morgan fingerprint density at radius 3 is 2.14 bits per heavy atom. The summed E-state index contributed by atoms with van der Waals surface area (Å²) in [6, 6.07) is 31.9. The Bertz CT molecular complexity index is 1540. The molecule has 0 fully saturated rings. The molecule has 0 spiro atoms. The van der Waals surface area contributed by atoms with Gasteiger partial charge in [0, 0.05) is 41.8 Å². The van der Waals surface area contributed by atoms with Crippen LogP contribution in [0.2, 0.25) is 0 Å². The summed E-state index contributed by atoms with van der Waals surface area (Å²) in [4.78, 5) is 23.8. The Morgan fingerprint density at radius 1 is 0.778 bits per heavy atom. The van der Waals surface area contributed by atoms with Crippen molar-refractivity contribution < 1.29 is 9.90 Å². The van der Waals surface area contributed by atoms with Crippen LogP contribution in [0.25, 0.3) is 17.0 Å². The summed E-state index contributed by atoms with van der Waals surface area (Å²) in [6.07, 6.45) is 7.69. The van der Waals surface area contributed by atoms with Crippen LogP contribution in [-0.2, 0) is 17.9 Å². The van der Waals surface area contributed by atoms with Gasteiger partial charge in [0.15, 0.2) is 0 Å². The normalized spacial score (nSPS) is 11.5. The number of rotatable bonds is 8. The molecule has 0 aliphatic rings. The monoisotopic (exact) mass is 474 g/mol. The predicted molar refractivity (Wildman–Crippen MR) is 143 cm³/mol. The molecule has 5 heteroatoms. The van der Waals surface area contributed by atoms with E-state index in [4.69, 9.17) is 5.11 Å². The maximum atomic E-state index is 12.7. The molecule has 36 heavy (non-hydrogen) atoms. The Labute approximate surface area is 209 Å². The molecule has 0 amide bonds. The lowest BCUT2D eigenvalue weighted by molar-refractivity contribution is -0.137. The molecule has 0 saturated carbocycles. The summed E-state index contributed by atoms with van der Waals surface area (Å²) in [6.45, 7) is 0.345. The van der Waals surface area contributed by atoms with E-state index in [1.54, 1.807) is 21.4 Å². The van der Waals surface area contributed by atoms with Gasteiger partial charge in [0.2, 0.25) is 0 Å². The fourth-order valence-corrected chi connectivity index (χ4v) is 4.70. The van der Waals surface area contributed by atoms with Crippen LogP contribution in [0.3, 0.4) is 0 Å². The lowest BCUT2D eigenvalue weighted by Crippen LogP contribution is -2.19. The van der Waals surface area contributed by atoms with Gasteiger partial charge < -0.3 is 14.2 Å². The third-order valence-corrected chi connectivity index (χ3v) is 6.36. The second-order valence-corrected chi connectivity index (χ2v) is 8.73. The highest BCUT2D eigenvalue weighted by Gasteiger charge is 2.17. The van der Waals surface area contributed by atoms with E-state index >= 15 is 0 Å². The summed E-state index contributed by atoms with van der Waals surface area (Å²) < 4.78 is 3.44. The first-order valence-corrected chi connectivity index (χ1v) is 11.9. The van der Waals surface area contributed by atoms with E-state index in [0.717, 1.165) is 22.0 Å². The third kappa shape index (κ3) is 4.91. The van der Waals surface area contributed by atoms with Gasteiger partial charge in [-0.25, -0.2) is 0 Å². The van der Waals surface area contributed by atoms with Crippen LogP contribution >= 0.6 is 0 Å². The van der Waals surface area contributed by atoms with Crippen molar-refractivity contribution in [1.29, 1.82) is 0 Å². The number of hydrogen-bond acceptors (Lipinski definition) is 2. The number of carbonyl (C=O) groups is 1. The van der Waals surface area contributed by atoms with E-state index in [1.165, 1.54) is 11.1 Å². The Morgan fingerprint density at radius 2 is 1.47 bits per heavy atom. The number of pyridine rings is 1. The fraction of sp³-hybridized carbons (Fsp3) is 0.0968. The van der Waals surface area contributed by atoms with Crippen LogP contribution in [0.15, 0.2) is 120 Å². The number of nitrogens with zero attached hydrogens (tertiary/aromatic N) is 2. The number of aliphatic carboxylic acids is 1. The molecule has 0 bridgehead atoms. The van der Waals surface area contributed by atoms with Gasteiger partial charge in [0.05, 0.1) is 0 Å². The molecular weight excluding hydrogens is 448 g/mol. The van der Waals surface area contributed by atoms with Crippen LogP contribution in [0, 0.1) is 0 Å². The maximum absolute atomic E-state index is 12.7. The zero-order valence-corrected chi connectivity index (χ0v) is 19.7. The molecule has 5 rings (SSSR count). The minimum absolute atomic E-state index is 0.0194. The van der Waals surface area contributed by atoms with Crippen molar-refractivity contribution in [2.45, 2.75) is 19.0 Å². The molecule has 0 radical (unpaired) electrons. The summed E-state index contributed by atoms with van der Waals surface area (Å²) >= 11 is 0. The van der Waals surface area contributed by atoms with E-state index < -0.39 is 5.97 Å². The van der Waals surface area contributed by atoms with Crippen molar-refractivity contribution in [3.05, 3.63) is 148 Å². The Hall–Kier alpha value is -4.64. The van der Waals surface area contributed by atoms with E-state index in [9.17, 15) is 9.59 Å². The third-order valence-electron chi connectivity index (χ3n) is 6.36. The first kappa shape index (κ1) is 23.1. The van der Waals surface area contributed by atoms with Gasteiger partial charge in [-0.3, -0.25) is 9.59 Å². The number of fused-ring (bicyclic) bond motifs is 1. The lowest BCUT2D eigenvalue weighted by atomic mass is 9.86. The van der Waals surface area contributed by atoms with Crippen LogP contribution in [0.4, 0.5) is 0 Å².